The maximum absolute atomic E-state index is 4.26. The van der Waals surface area contributed by atoms with E-state index >= 15 is 0 Å². The summed E-state index contributed by atoms with van der Waals surface area (Å²) in [5.41, 5.74) is 0. The van der Waals surface area contributed by atoms with Gasteiger partial charge in [-0.1, -0.05) is 13.8 Å². The summed E-state index contributed by atoms with van der Waals surface area (Å²) in [4.78, 5) is 4.26. The normalized spacial score (nSPS) is 10.5. The topological polar surface area (TPSA) is 24.9 Å². The van der Waals surface area contributed by atoms with Crippen molar-refractivity contribution < 1.29 is 0 Å². The van der Waals surface area contributed by atoms with Crippen LogP contribution in [0.5, 0.6) is 0 Å². The minimum atomic E-state index is 0.747. The molecule has 0 saturated heterocycles. The van der Waals surface area contributed by atoms with Crippen molar-refractivity contribution in [3.8, 4) is 0 Å². The van der Waals surface area contributed by atoms with Gasteiger partial charge >= 0.3 is 0 Å². The highest BCUT2D eigenvalue weighted by molar-refractivity contribution is 14.1. The van der Waals surface area contributed by atoms with E-state index in [0.717, 1.165) is 18.3 Å². The predicted molar refractivity (Wildman–Crippen MR) is 64.9 cm³/mol. The van der Waals surface area contributed by atoms with E-state index in [-0.39, 0.29) is 0 Å². The lowest BCUT2D eigenvalue weighted by atomic mass is 10.1. The molecule has 0 atom stereocenters. The van der Waals surface area contributed by atoms with Crippen molar-refractivity contribution in [2.45, 2.75) is 20.3 Å². The maximum atomic E-state index is 4.26. The molecule has 1 aromatic rings. The predicted octanol–water partition coefficient (Wildman–Crippen LogP) is 3.14. The average molecular weight is 290 g/mol. The Balaban J connectivity index is 2.33. The first-order chi connectivity index (χ1) is 6.18. The van der Waals surface area contributed by atoms with E-state index in [0.29, 0.717) is 0 Å². The van der Waals surface area contributed by atoms with E-state index in [2.05, 4.69) is 52.8 Å². The number of aromatic nitrogens is 1. The summed E-state index contributed by atoms with van der Waals surface area (Å²) in [7, 11) is 0. The molecule has 0 unspecified atom stereocenters. The van der Waals surface area contributed by atoms with E-state index in [4.69, 9.17) is 0 Å². The highest BCUT2D eigenvalue weighted by Crippen LogP contribution is 2.07. The van der Waals surface area contributed by atoms with Crippen LogP contribution in [0, 0.1) is 9.49 Å². The number of nitrogens with zero attached hydrogens (tertiary/aromatic N) is 1. The van der Waals surface area contributed by atoms with E-state index in [1.807, 2.05) is 12.3 Å². The lowest BCUT2D eigenvalue weighted by molar-refractivity contribution is 0.606. The van der Waals surface area contributed by atoms with Gasteiger partial charge in [0, 0.05) is 16.3 Å². The molecule has 2 nitrogen and oxygen atoms in total. The molecule has 1 aromatic heterocycles. The highest BCUT2D eigenvalue weighted by Gasteiger charge is 1.95. The Morgan fingerprint density at radius 3 is 2.77 bits per heavy atom. The van der Waals surface area contributed by atoms with Gasteiger partial charge in [-0.05, 0) is 47.1 Å². The summed E-state index contributed by atoms with van der Waals surface area (Å²) in [6.45, 7) is 5.46. The zero-order valence-corrected chi connectivity index (χ0v) is 10.2. The third-order valence-corrected chi connectivity index (χ3v) is 2.39. The van der Waals surface area contributed by atoms with Gasteiger partial charge in [0.1, 0.15) is 5.82 Å². The molecule has 0 bridgehead atoms. The van der Waals surface area contributed by atoms with Crippen LogP contribution in [-0.2, 0) is 0 Å². The Morgan fingerprint density at radius 2 is 2.23 bits per heavy atom. The van der Waals surface area contributed by atoms with Crippen LogP contribution < -0.4 is 5.32 Å². The largest absolute Gasteiger partial charge is 0.370 e. The third kappa shape index (κ3) is 4.45. The van der Waals surface area contributed by atoms with E-state index in [9.17, 15) is 0 Å². The molecule has 0 saturated carbocycles. The van der Waals surface area contributed by atoms with Crippen LogP contribution in [0.15, 0.2) is 18.3 Å². The molecule has 0 spiro atoms. The van der Waals surface area contributed by atoms with Gasteiger partial charge in [-0.2, -0.15) is 0 Å². The smallest absolute Gasteiger partial charge is 0.125 e. The van der Waals surface area contributed by atoms with Gasteiger partial charge in [-0.3, -0.25) is 0 Å². The summed E-state index contributed by atoms with van der Waals surface area (Å²) in [5.74, 6) is 1.72. The molecule has 0 amide bonds. The Morgan fingerprint density at radius 1 is 1.46 bits per heavy atom. The first kappa shape index (κ1) is 10.8. The van der Waals surface area contributed by atoms with Crippen LogP contribution in [0.25, 0.3) is 0 Å². The molecule has 72 valence electrons. The fraction of sp³-hybridized carbons (Fsp3) is 0.500. The summed E-state index contributed by atoms with van der Waals surface area (Å²) in [6.07, 6.45) is 3.06. The lowest BCUT2D eigenvalue weighted by Crippen LogP contribution is -2.05. The Hall–Kier alpha value is -0.320. The van der Waals surface area contributed by atoms with Crippen LogP contribution >= 0.6 is 22.6 Å². The van der Waals surface area contributed by atoms with Crippen molar-refractivity contribution >= 4 is 28.4 Å². The van der Waals surface area contributed by atoms with Gasteiger partial charge in [0.05, 0.1) is 0 Å². The van der Waals surface area contributed by atoms with Crippen LogP contribution in [0.3, 0.4) is 0 Å². The summed E-state index contributed by atoms with van der Waals surface area (Å²) in [5, 5.41) is 3.29. The first-order valence-electron chi connectivity index (χ1n) is 4.54. The number of nitrogens with one attached hydrogen (secondary N) is 1. The highest BCUT2D eigenvalue weighted by atomic mass is 127. The van der Waals surface area contributed by atoms with E-state index in [1.54, 1.807) is 0 Å². The molecule has 0 aliphatic carbocycles. The van der Waals surface area contributed by atoms with Gasteiger partial charge in [-0.15, -0.1) is 0 Å². The van der Waals surface area contributed by atoms with Gasteiger partial charge in [0.2, 0.25) is 0 Å². The summed E-state index contributed by atoms with van der Waals surface area (Å²) in [6, 6.07) is 4.08. The lowest BCUT2D eigenvalue weighted by Gasteiger charge is -2.06. The molecule has 0 aromatic carbocycles. The van der Waals surface area contributed by atoms with Crippen LogP contribution in [-0.4, -0.2) is 11.5 Å². The van der Waals surface area contributed by atoms with Crippen LogP contribution in [0.4, 0.5) is 5.82 Å². The number of halogens is 1. The van der Waals surface area contributed by atoms with Crippen molar-refractivity contribution in [2.75, 3.05) is 11.9 Å². The monoisotopic (exact) mass is 290 g/mol. The molecule has 1 rings (SSSR count). The minimum Gasteiger partial charge on any atom is -0.370 e. The molecule has 1 N–H and O–H groups in total. The van der Waals surface area contributed by atoms with Crippen molar-refractivity contribution in [1.82, 2.24) is 4.98 Å². The quantitative estimate of drug-likeness (QED) is 0.862. The zero-order valence-electron chi connectivity index (χ0n) is 8.05. The second-order valence-electron chi connectivity index (χ2n) is 3.47. The molecule has 3 heteroatoms. The van der Waals surface area contributed by atoms with Gasteiger partial charge in [0.15, 0.2) is 0 Å². The zero-order chi connectivity index (χ0) is 9.68. The number of anilines is 1. The van der Waals surface area contributed by atoms with E-state index < -0.39 is 0 Å². The van der Waals surface area contributed by atoms with Gasteiger partial charge in [-0.25, -0.2) is 4.98 Å². The average Bonchev–Trinajstić information content (AvgIpc) is 2.08. The number of pyridine rings is 1. The maximum Gasteiger partial charge on any atom is 0.125 e. The van der Waals surface area contributed by atoms with E-state index in [1.165, 1.54) is 9.99 Å². The van der Waals surface area contributed by atoms with Crippen molar-refractivity contribution in [3.63, 3.8) is 0 Å². The van der Waals surface area contributed by atoms with Crippen LogP contribution in [0.1, 0.15) is 20.3 Å². The molecule has 13 heavy (non-hydrogen) atoms. The fourth-order valence-electron chi connectivity index (χ4n) is 0.969. The van der Waals surface area contributed by atoms with Gasteiger partial charge in [0.25, 0.3) is 0 Å². The van der Waals surface area contributed by atoms with Crippen molar-refractivity contribution in [2.24, 2.45) is 5.92 Å². The molecule has 0 aliphatic rings. The molecular formula is C10H15IN2. The molecule has 0 aliphatic heterocycles. The third-order valence-electron chi connectivity index (χ3n) is 1.76. The summed E-state index contributed by atoms with van der Waals surface area (Å²) >= 11 is 2.25. The molecule has 0 radical (unpaired) electrons. The van der Waals surface area contributed by atoms with Crippen molar-refractivity contribution in [3.05, 3.63) is 21.9 Å². The fourth-order valence-corrected chi connectivity index (χ4v) is 1.29. The Bertz CT molecular complexity index is 244. The van der Waals surface area contributed by atoms with Crippen LogP contribution in [0.2, 0.25) is 0 Å². The second-order valence-corrected chi connectivity index (χ2v) is 4.72. The second kappa shape index (κ2) is 5.42. The SMILES string of the molecule is CC(C)CCNc1ccc(I)cn1. The number of hydrogen-bond acceptors (Lipinski definition) is 2. The van der Waals surface area contributed by atoms with Gasteiger partial charge < -0.3 is 5.32 Å². The Kier molecular flexibility index (Phi) is 4.48. The summed E-state index contributed by atoms with van der Waals surface area (Å²) < 4.78 is 1.17. The minimum absolute atomic E-state index is 0.747. The van der Waals surface area contributed by atoms with Crippen molar-refractivity contribution in [1.29, 1.82) is 0 Å². The number of rotatable bonds is 4. The Labute approximate surface area is 93.3 Å². The standard InChI is InChI=1S/C10H15IN2/c1-8(2)5-6-12-10-4-3-9(11)7-13-10/h3-4,7-8H,5-6H2,1-2H3,(H,12,13). The molecule has 0 fully saturated rings. The first-order valence-corrected chi connectivity index (χ1v) is 5.62. The number of hydrogen-bond donors (Lipinski definition) is 1. The molecular weight excluding hydrogens is 275 g/mol. The molecule has 1 heterocycles.